The van der Waals surface area contributed by atoms with Gasteiger partial charge in [-0.2, -0.15) is 0 Å². The number of aromatic nitrogens is 4. The van der Waals surface area contributed by atoms with Gasteiger partial charge < -0.3 is 25.4 Å². The number of anilines is 1. The number of nitrogens with zero attached hydrogens (tertiary/aromatic N) is 4. The van der Waals surface area contributed by atoms with Crippen molar-refractivity contribution < 1.29 is 15.0 Å². The fraction of sp³-hybridized carbons (Fsp3) is 0.667. The number of rotatable bonds is 4. The van der Waals surface area contributed by atoms with Gasteiger partial charge in [-0.25, -0.2) is 15.0 Å². The second-order valence-corrected chi connectivity index (χ2v) is 8.03. The maximum atomic E-state index is 12.3. The van der Waals surface area contributed by atoms with Gasteiger partial charge in [-0.1, -0.05) is 12.8 Å². The summed E-state index contributed by atoms with van der Waals surface area (Å²) < 4.78 is 1.80. The molecular formula is C18H24N6O3. The third-order valence-electron chi connectivity index (χ3n) is 6.70. The lowest BCUT2D eigenvalue weighted by Gasteiger charge is -2.23. The van der Waals surface area contributed by atoms with Crippen LogP contribution in [0.1, 0.15) is 38.1 Å². The lowest BCUT2D eigenvalue weighted by atomic mass is 9.98. The highest BCUT2D eigenvalue weighted by Crippen LogP contribution is 2.67. The van der Waals surface area contributed by atoms with Gasteiger partial charge in [0.25, 0.3) is 0 Å². The zero-order valence-electron chi connectivity index (χ0n) is 15.2. The third kappa shape index (κ3) is 2.24. The van der Waals surface area contributed by atoms with E-state index in [4.69, 9.17) is 0 Å². The van der Waals surface area contributed by atoms with Gasteiger partial charge in [0.15, 0.2) is 11.5 Å². The van der Waals surface area contributed by atoms with Gasteiger partial charge in [-0.05, 0) is 19.3 Å². The molecule has 0 saturated heterocycles. The summed E-state index contributed by atoms with van der Waals surface area (Å²) >= 11 is 0. The second kappa shape index (κ2) is 5.87. The highest BCUT2D eigenvalue weighted by Gasteiger charge is 2.75. The Morgan fingerprint density at radius 3 is 2.78 bits per heavy atom. The van der Waals surface area contributed by atoms with Gasteiger partial charge in [0.2, 0.25) is 5.91 Å². The summed E-state index contributed by atoms with van der Waals surface area (Å²) in [7, 11) is 1.56. The van der Waals surface area contributed by atoms with Crippen molar-refractivity contribution in [1.82, 2.24) is 24.8 Å². The van der Waals surface area contributed by atoms with E-state index in [1.165, 1.54) is 19.2 Å². The number of aliphatic hydroxyl groups excluding tert-OH is 2. The fourth-order valence-corrected chi connectivity index (χ4v) is 5.23. The molecule has 2 aromatic heterocycles. The minimum atomic E-state index is -1.09. The molecule has 0 spiro atoms. The van der Waals surface area contributed by atoms with Gasteiger partial charge in [-0.3, -0.25) is 4.79 Å². The third-order valence-corrected chi connectivity index (χ3v) is 6.70. The predicted molar refractivity (Wildman–Crippen MR) is 96.9 cm³/mol. The molecule has 5 rings (SSSR count). The lowest BCUT2D eigenvalue weighted by Crippen LogP contribution is -2.41. The van der Waals surface area contributed by atoms with E-state index in [1.807, 2.05) is 0 Å². The fourth-order valence-electron chi connectivity index (χ4n) is 5.23. The lowest BCUT2D eigenvalue weighted by molar-refractivity contribution is -0.132. The molecule has 0 aliphatic heterocycles. The number of fused-ring (bicyclic) bond motifs is 2. The van der Waals surface area contributed by atoms with Gasteiger partial charge >= 0.3 is 0 Å². The Hall–Kier alpha value is -2.26. The molecule has 0 bridgehead atoms. The molecule has 144 valence electrons. The van der Waals surface area contributed by atoms with Crippen molar-refractivity contribution >= 4 is 22.9 Å². The molecule has 4 N–H and O–H groups in total. The van der Waals surface area contributed by atoms with Crippen LogP contribution in [0.3, 0.4) is 0 Å². The summed E-state index contributed by atoms with van der Waals surface area (Å²) in [4.78, 5) is 25.5. The first kappa shape index (κ1) is 16.9. The molecular weight excluding hydrogens is 348 g/mol. The maximum absolute atomic E-state index is 12.3. The van der Waals surface area contributed by atoms with Crippen LogP contribution in [-0.2, 0) is 4.79 Å². The molecule has 9 heteroatoms. The molecule has 3 aliphatic rings. The number of amides is 1. The van der Waals surface area contributed by atoms with E-state index in [0.717, 1.165) is 12.8 Å². The molecule has 2 aromatic rings. The first-order chi connectivity index (χ1) is 13.1. The normalized spacial score (nSPS) is 35.4. The van der Waals surface area contributed by atoms with E-state index in [-0.39, 0.29) is 11.8 Å². The molecule has 0 radical (unpaired) electrons. The number of hydrogen-bond donors (Lipinski definition) is 4. The van der Waals surface area contributed by atoms with Gasteiger partial charge in [0, 0.05) is 19.0 Å². The highest BCUT2D eigenvalue weighted by molar-refractivity contribution is 5.88. The van der Waals surface area contributed by atoms with E-state index in [9.17, 15) is 15.0 Å². The minimum Gasteiger partial charge on any atom is -0.389 e. The van der Waals surface area contributed by atoms with Crippen molar-refractivity contribution in [3.63, 3.8) is 0 Å². The van der Waals surface area contributed by atoms with Crippen molar-refractivity contribution in [3.05, 3.63) is 12.7 Å². The molecule has 27 heavy (non-hydrogen) atoms. The Morgan fingerprint density at radius 2 is 2.04 bits per heavy atom. The average Bonchev–Trinajstić information content (AvgIpc) is 2.98. The van der Waals surface area contributed by atoms with E-state index in [2.05, 4.69) is 25.6 Å². The summed E-state index contributed by atoms with van der Waals surface area (Å²) in [5, 5.41) is 27.3. The van der Waals surface area contributed by atoms with Crippen LogP contribution in [0.25, 0.3) is 11.2 Å². The van der Waals surface area contributed by atoms with Crippen LogP contribution in [0, 0.1) is 11.3 Å². The van der Waals surface area contributed by atoms with E-state index in [1.54, 1.807) is 17.9 Å². The van der Waals surface area contributed by atoms with Crippen molar-refractivity contribution in [2.24, 2.45) is 11.3 Å². The average molecular weight is 372 g/mol. The van der Waals surface area contributed by atoms with Gasteiger partial charge in [0.1, 0.15) is 17.9 Å². The molecule has 3 fully saturated rings. The monoisotopic (exact) mass is 372 g/mol. The standard InChI is InChI=1S/C18H24N6O3/c1-19-17(27)18-6-10(18)12(13(25)14(18)26)24-8-22-11-15(20-7-21-16(11)24)23-9-4-2-3-5-9/h7-10,12-14,25-26H,2-6H2,1H3,(H,19,27)(H,20,21,23)/t10-,12-,13+,14+,18-/m1/s1. The minimum absolute atomic E-state index is 0.138. The van der Waals surface area contributed by atoms with Crippen LogP contribution in [0.15, 0.2) is 12.7 Å². The van der Waals surface area contributed by atoms with E-state index >= 15 is 0 Å². The number of imidazole rings is 1. The maximum Gasteiger partial charge on any atom is 0.229 e. The molecule has 0 aromatic carbocycles. The van der Waals surface area contributed by atoms with Gasteiger partial charge in [-0.15, -0.1) is 0 Å². The largest absolute Gasteiger partial charge is 0.389 e. The summed E-state index contributed by atoms with van der Waals surface area (Å²) in [6.07, 6.45) is 6.22. The van der Waals surface area contributed by atoms with E-state index < -0.39 is 23.7 Å². The Kier molecular flexibility index (Phi) is 3.67. The van der Waals surface area contributed by atoms with Crippen molar-refractivity contribution in [2.45, 2.75) is 56.4 Å². The summed E-state index contributed by atoms with van der Waals surface area (Å²) in [6, 6.07) is -0.0343. The van der Waals surface area contributed by atoms with Crippen LogP contribution in [0.4, 0.5) is 5.82 Å². The number of nitrogens with one attached hydrogen (secondary N) is 2. The number of carbonyl (C=O) groups excluding carboxylic acids is 1. The quantitative estimate of drug-likeness (QED) is 0.604. The van der Waals surface area contributed by atoms with Crippen LogP contribution in [-0.4, -0.2) is 60.9 Å². The molecule has 5 atom stereocenters. The smallest absolute Gasteiger partial charge is 0.229 e. The molecule has 9 nitrogen and oxygen atoms in total. The van der Waals surface area contributed by atoms with Crippen molar-refractivity contribution in [1.29, 1.82) is 0 Å². The molecule has 0 unspecified atom stereocenters. The Morgan fingerprint density at radius 1 is 1.26 bits per heavy atom. The van der Waals surface area contributed by atoms with Crippen LogP contribution in [0.5, 0.6) is 0 Å². The zero-order valence-corrected chi connectivity index (χ0v) is 15.2. The second-order valence-electron chi connectivity index (χ2n) is 8.03. The van der Waals surface area contributed by atoms with Crippen LogP contribution in [0.2, 0.25) is 0 Å². The van der Waals surface area contributed by atoms with Crippen molar-refractivity contribution in [3.8, 4) is 0 Å². The first-order valence-corrected chi connectivity index (χ1v) is 9.60. The highest BCUT2D eigenvalue weighted by atomic mass is 16.3. The summed E-state index contributed by atoms with van der Waals surface area (Å²) in [5.41, 5.74) is 0.360. The van der Waals surface area contributed by atoms with Crippen molar-refractivity contribution in [2.75, 3.05) is 12.4 Å². The van der Waals surface area contributed by atoms with Gasteiger partial charge in [0.05, 0.1) is 23.9 Å². The summed E-state index contributed by atoms with van der Waals surface area (Å²) in [5.74, 6) is 0.345. The van der Waals surface area contributed by atoms with Crippen LogP contribution >= 0.6 is 0 Å². The number of hydrogen-bond acceptors (Lipinski definition) is 7. The SMILES string of the molecule is CNC(=O)[C@]12C[C@@H]1[C@@H](n1cnc3c(NC4CCCC4)ncnc31)[C@H](O)[C@@H]2O. The molecule has 3 saturated carbocycles. The number of carbonyl (C=O) groups is 1. The molecule has 1 amide bonds. The summed E-state index contributed by atoms with van der Waals surface area (Å²) in [6.45, 7) is 0. The van der Waals surface area contributed by atoms with E-state index in [0.29, 0.717) is 29.4 Å². The number of aliphatic hydroxyl groups is 2. The zero-order chi connectivity index (χ0) is 18.8. The Labute approximate surface area is 156 Å². The Bertz CT molecular complexity index is 894. The molecule has 2 heterocycles. The van der Waals surface area contributed by atoms with Crippen LogP contribution < -0.4 is 10.6 Å². The topological polar surface area (TPSA) is 125 Å². The predicted octanol–water partition coefficient (Wildman–Crippen LogP) is 0.210. The Balaban J connectivity index is 1.50. The first-order valence-electron chi connectivity index (χ1n) is 9.60. The molecule has 3 aliphatic carbocycles.